The van der Waals surface area contributed by atoms with Crippen LogP contribution in [0.15, 0.2) is 51.8 Å². The van der Waals surface area contributed by atoms with Gasteiger partial charge in [-0.25, -0.2) is 13.1 Å². The minimum atomic E-state index is -3.51. The molecule has 0 aliphatic carbocycles. The van der Waals surface area contributed by atoms with E-state index in [0.29, 0.717) is 37.1 Å². The summed E-state index contributed by atoms with van der Waals surface area (Å²) in [7, 11) is -3.51. The van der Waals surface area contributed by atoms with Crippen LogP contribution in [0.4, 0.5) is 0 Å². The molecule has 0 spiro atoms. The molecule has 2 aromatic rings. The molecule has 4 rings (SSSR count). The Morgan fingerprint density at radius 2 is 2.00 bits per heavy atom. The van der Waals surface area contributed by atoms with Gasteiger partial charge in [-0.05, 0) is 42.5 Å². The molecule has 28 heavy (non-hydrogen) atoms. The second kappa shape index (κ2) is 7.84. The maximum Gasteiger partial charge on any atom is 0.240 e. The number of nitrogens with zero attached hydrogens (tertiary/aromatic N) is 2. The number of nitriles is 1. The summed E-state index contributed by atoms with van der Waals surface area (Å²) in [4.78, 5) is 2.52. The first kappa shape index (κ1) is 19.4. The van der Waals surface area contributed by atoms with E-state index in [1.165, 1.54) is 0 Å². The lowest BCUT2D eigenvalue weighted by Gasteiger charge is -2.27. The summed E-state index contributed by atoms with van der Waals surface area (Å²) in [5.74, 6) is 1.54. The van der Waals surface area contributed by atoms with Crippen molar-refractivity contribution in [1.82, 2.24) is 9.62 Å². The van der Waals surface area contributed by atoms with Crippen LogP contribution < -0.4 is 9.46 Å². The third-order valence-corrected chi connectivity index (χ3v) is 7.36. The fraction of sp³-hybridized carbons (Fsp3) is 0.350. The molecular weight excluding hydrogens is 442 g/mol. The topological polar surface area (TPSA) is 82.4 Å². The smallest absolute Gasteiger partial charge is 0.240 e. The molecule has 1 N–H and O–H groups in total. The van der Waals surface area contributed by atoms with Gasteiger partial charge in [0.2, 0.25) is 10.0 Å². The van der Waals surface area contributed by atoms with Gasteiger partial charge < -0.3 is 9.64 Å². The van der Waals surface area contributed by atoms with Crippen LogP contribution in [-0.2, 0) is 10.0 Å². The monoisotopic (exact) mass is 461 g/mol. The summed E-state index contributed by atoms with van der Waals surface area (Å²) in [6.45, 7) is 3.35. The van der Waals surface area contributed by atoms with Crippen LogP contribution in [0.25, 0.3) is 0 Å². The van der Waals surface area contributed by atoms with Crippen LogP contribution in [0.2, 0.25) is 0 Å². The molecule has 0 aromatic heterocycles. The number of hydrogen-bond donors (Lipinski definition) is 1. The van der Waals surface area contributed by atoms with Crippen LogP contribution >= 0.6 is 15.9 Å². The van der Waals surface area contributed by atoms with Gasteiger partial charge in [-0.2, -0.15) is 5.26 Å². The number of hydrogen-bond acceptors (Lipinski definition) is 5. The van der Waals surface area contributed by atoms with Crippen molar-refractivity contribution in [2.75, 3.05) is 32.8 Å². The Kier molecular flexibility index (Phi) is 5.43. The molecule has 0 amide bonds. The van der Waals surface area contributed by atoms with Gasteiger partial charge in [0.15, 0.2) is 0 Å². The normalized spacial score (nSPS) is 21.4. The zero-order chi connectivity index (χ0) is 19.7. The molecule has 146 valence electrons. The average Bonchev–Trinajstić information content (AvgIpc) is 3.11. The highest BCUT2D eigenvalue weighted by Gasteiger charge is 2.38. The minimum absolute atomic E-state index is 0.261. The van der Waals surface area contributed by atoms with Gasteiger partial charge in [0.25, 0.3) is 0 Å². The number of sulfonamides is 1. The van der Waals surface area contributed by atoms with E-state index >= 15 is 0 Å². The number of fused-ring (bicyclic) bond motifs is 3. The van der Waals surface area contributed by atoms with E-state index in [1.807, 2.05) is 12.1 Å². The van der Waals surface area contributed by atoms with E-state index < -0.39 is 10.0 Å². The molecule has 8 heteroatoms. The predicted octanol–water partition coefficient (Wildman–Crippen LogP) is 2.71. The van der Waals surface area contributed by atoms with Gasteiger partial charge >= 0.3 is 0 Å². The fourth-order valence-corrected chi connectivity index (χ4v) is 5.22. The Morgan fingerprint density at radius 1 is 1.21 bits per heavy atom. The summed E-state index contributed by atoms with van der Waals surface area (Å²) in [5, 5.41) is 9.16. The molecule has 0 unspecified atom stereocenters. The molecule has 0 bridgehead atoms. The van der Waals surface area contributed by atoms with Crippen molar-refractivity contribution in [1.29, 1.82) is 5.26 Å². The van der Waals surface area contributed by atoms with Crippen molar-refractivity contribution in [3.05, 3.63) is 58.1 Å². The summed E-state index contributed by atoms with van der Waals surface area (Å²) >= 11 is 3.31. The van der Waals surface area contributed by atoms with E-state index in [9.17, 15) is 8.42 Å². The molecule has 0 saturated carbocycles. The van der Waals surface area contributed by atoms with Crippen molar-refractivity contribution in [2.24, 2.45) is 5.92 Å². The minimum Gasteiger partial charge on any atom is -0.493 e. The molecule has 2 atom stereocenters. The van der Waals surface area contributed by atoms with E-state index in [4.69, 9.17) is 10.00 Å². The van der Waals surface area contributed by atoms with Crippen LogP contribution in [-0.4, -0.2) is 46.1 Å². The second-order valence-electron chi connectivity index (χ2n) is 7.15. The Bertz CT molecular complexity index is 1020. The SMILES string of the molecule is N#Cc1ccc2c(c1)[C@@H]1CN(CCNS(=O)(=O)c3ccc(Br)cc3)C[C@H]1CO2. The number of nitrogens with one attached hydrogen (secondary N) is 1. The van der Waals surface area contributed by atoms with E-state index in [0.717, 1.165) is 28.9 Å². The second-order valence-corrected chi connectivity index (χ2v) is 9.84. The highest BCUT2D eigenvalue weighted by molar-refractivity contribution is 9.10. The van der Waals surface area contributed by atoms with Gasteiger partial charge in [0.1, 0.15) is 5.75 Å². The Labute approximate surface area is 173 Å². The molecule has 2 aromatic carbocycles. The lowest BCUT2D eigenvalue weighted by Crippen LogP contribution is -2.34. The Hall–Kier alpha value is -1.92. The first-order chi connectivity index (χ1) is 13.5. The number of rotatable bonds is 5. The molecular formula is C20H20BrN3O3S. The van der Waals surface area contributed by atoms with Crippen LogP contribution in [0, 0.1) is 17.2 Å². The van der Waals surface area contributed by atoms with E-state index in [-0.39, 0.29) is 4.90 Å². The first-order valence-electron chi connectivity index (χ1n) is 9.11. The van der Waals surface area contributed by atoms with Crippen molar-refractivity contribution < 1.29 is 13.2 Å². The molecule has 1 fully saturated rings. The highest BCUT2D eigenvalue weighted by Crippen LogP contribution is 2.41. The lowest BCUT2D eigenvalue weighted by molar-refractivity contribution is 0.213. The van der Waals surface area contributed by atoms with E-state index in [1.54, 1.807) is 30.3 Å². The zero-order valence-electron chi connectivity index (χ0n) is 15.1. The van der Waals surface area contributed by atoms with Crippen molar-refractivity contribution in [3.8, 4) is 11.8 Å². The fourth-order valence-electron chi connectivity index (χ4n) is 3.94. The molecule has 6 nitrogen and oxygen atoms in total. The van der Waals surface area contributed by atoms with Crippen molar-refractivity contribution in [3.63, 3.8) is 0 Å². The Morgan fingerprint density at radius 3 is 2.75 bits per heavy atom. The maximum absolute atomic E-state index is 12.4. The highest BCUT2D eigenvalue weighted by atomic mass is 79.9. The third kappa shape index (κ3) is 3.94. The summed E-state index contributed by atoms with van der Waals surface area (Å²) in [5.41, 5.74) is 1.73. The van der Waals surface area contributed by atoms with Crippen LogP contribution in [0.3, 0.4) is 0 Å². The maximum atomic E-state index is 12.4. The van der Waals surface area contributed by atoms with Gasteiger partial charge in [-0.3, -0.25) is 0 Å². The summed E-state index contributed by atoms with van der Waals surface area (Å²) in [6, 6.07) is 14.4. The van der Waals surface area contributed by atoms with Crippen molar-refractivity contribution >= 4 is 26.0 Å². The number of likely N-dealkylation sites (tertiary alicyclic amines) is 1. The summed E-state index contributed by atoms with van der Waals surface area (Å²) in [6.07, 6.45) is 0. The molecule has 2 aliphatic rings. The lowest BCUT2D eigenvalue weighted by atomic mass is 9.86. The average molecular weight is 462 g/mol. The van der Waals surface area contributed by atoms with Crippen molar-refractivity contribution in [2.45, 2.75) is 10.8 Å². The third-order valence-electron chi connectivity index (χ3n) is 5.35. The van der Waals surface area contributed by atoms with Crippen LogP contribution in [0.1, 0.15) is 17.0 Å². The van der Waals surface area contributed by atoms with Gasteiger partial charge in [-0.15, -0.1) is 0 Å². The molecule has 2 aliphatic heterocycles. The molecule has 2 heterocycles. The van der Waals surface area contributed by atoms with Gasteiger partial charge in [-0.1, -0.05) is 15.9 Å². The van der Waals surface area contributed by atoms with Gasteiger partial charge in [0, 0.05) is 48.1 Å². The van der Waals surface area contributed by atoms with Gasteiger partial charge in [0.05, 0.1) is 23.1 Å². The molecule has 1 saturated heterocycles. The first-order valence-corrected chi connectivity index (χ1v) is 11.4. The Balaban J connectivity index is 1.37. The largest absolute Gasteiger partial charge is 0.493 e. The predicted molar refractivity (Wildman–Crippen MR) is 109 cm³/mol. The number of ether oxygens (including phenoxy) is 1. The standard InChI is InChI=1S/C20H20BrN3O3S/c21-16-2-4-17(5-3-16)28(25,26)23-7-8-24-11-15-13-27-20-6-1-14(10-22)9-18(20)19(15)12-24/h1-6,9,15,19,23H,7-8,11-13H2/t15-,19+/m0/s1. The number of benzene rings is 2. The number of halogens is 1. The van der Waals surface area contributed by atoms with Crippen LogP contribution in [0.5, 0.6) is 5.75 Å². The summed E-state index contributed by atoms with van der Waals surface area (Å²) < 4.78 is 34.2. The zero-order valence-corrected chi connectivity index (χ0v) is 17.5. The van der Waals surface area contributed by atoms with E-state index in [2.05, 4.69) is 31.6 Å². The quantitative estimate of drug-likeness (QED) is 0.739. The molecule has 0 radical (unpaired) electrons.